The van der Waals surface area contributed by atoms with Crippen LogP contribution in [0.25, 0.3) is 0 Å². The van der Waals surface area contributed by atoms with Crippen molar-refractivity contribution < 1.29 is 14.7 Å². The van der Waals surface area contributed by atoms with Gasteiger partial charge in [-0.15, -0.1) is 0 Å². The Morgan fingerprint density at radius 2 is 2.00 bits per heavy atom. The van der Waals surface area contributed by atoms with Crippen LogP contribution < -0.4 is 5.73 Å². The number of carboxylic acid groups (broad SMARTS) is 1. The molecule has 1 aromatic carbocycles. The van der Waals surface area contributed by atoms with Gasteiger partial charge in [0.2, 0.25) is 5.91 Å². The standard InChI is InChI=1S/C13H16N2O3/c14-10-5-3-9(4-6-10)8-12(16)15-7-1-2-11(15)13(17)18/h3-6,11H,1-2,7-8,14H2,(H,17,18)/t11-/m1/s1. The summed E-state index contributed by atoms with van der Waals surface area (Å²) < 4.78 is 0. The number of anilines is 1. The Kier molecular flexibility index (Phi) is 3.50. The molecule has 1 heterocycles. The molecule has 0 spiro atoms. The summed E-state index contributed by atoms with van der Waals surface area (Å²) in [5.74, 6) is -1.05. The van der Waals surface area contributed by atoms with Gasteiger partial charge in [0.15, 0.2) is 0 Å². The van der Waals surface area contributed by atoms with E-state index in [0.717, 1.165) is 12.0 Å². The second kappa shape index (κ2) is 5.08. The highest BCUT2D eigenvalue weighted by atomic mass is 16.4. The van der Waals surface area contributed by atoms with Gasteiger partial charge in [-0.1, -0.05) is 12.1 Å². The van der Waals surface area contributed by atoms with Crippen LogP contribution in [-0.4, -0.2) is 34.5 Å². The lowest BCUT2D eigenvalue weighted by molar-refractivity contribution is -0.148. The van der Waals surface area contributed by atoms with E-state index in [1.54, 1.807) is 24.3 Å². The zero-order valence-electron chi connectivity index (χ0n) is 10.0. The van der Waals surface area contributed by atoms with Crippen LogP contribution in [0.5, 0.6) is 0 Å². The predicted molar refractivity (Wildman–Crippen MR) is 66.9 cm³/mol. The Morgan fingerprint density at radius 1 is 1.33 bits per heavy atom. The molecule has 1 fully saturated rings. The summed E-state index contributed by atoms with van der Waals surface area (Å²) in [5.41, 5.74) is 7.07. The minimum absolute atomic E-state index is 0.135. The first-order valence-electron chi connectivity index (χ1n) is 5.94. The average molecular weight is 248 g/mol. The summed E-state index contributed by atoms with van der Waals surface area (Å²) in [6.45, 7) is 0.533. The first-order valence-corrected chi connectivity index (χ1v) is 5.94. The van der Waals surface area contributed by atoms with Crippen molar-refractivity contribution >= 4 is 17.6 Å². The first-order chi connectivity index (χ1) is 8.58. The van der Waals surface area contributed by atoms with E-state index >= 15 is 0 Å². The summed E-state index contributed by atoms with van der Waals surface area (Å²) in [6.07, 6.45) is 1.53. The second-order valence-electron chi connectivity index (χ2n) is 4.50. The second-order valence-corrected chi connectivity index (χ2v) is 4.50. The number of hydrogen-bond donors (Lipinski definition) is 2. The molecule has 0 aromatic heterocycles. The van der Waals surface area contributed by atoms with Gasteiger partial charge >= 0.3 is 5.97 Å². The van der Waals surface area contributed by atoms with Gasteiger partial charge in [0, 0.05) is 12.2 Å². The molecule has 0 saturated carbocycles. The number of nitrogen functional groups attached to an aromatic ring is 1. The maximum atomic E-state index is 12.0. The first kappa shape index (κ1) is 12.4. The molecule has 18 heavy (non-hydrogen) atoms. The van der Waals surface area contributed by atoms with E-state index in [1.165, 1.54) is 4.90 Å². The molecule has 1 amide bonds. The van der Waals surface area contributed by atoms with Crippen LogP contribution in [-0.2, 0) is 16.0 Å². The molecule has 3 N–H and O–H groups in total. The van der Waals surface area contributed by atoms with Crippen LogP contribution in [0, 0.1) is 0 Å². The SMILES string of the molecule is Nc1ccc(CC(=O)N2CCC[C@@H]2C(=O)O)cc1. The highest BCUT2D eigenvalue weighted by molar-refractivity contribution is 5.85. The smallest absolute Gasteiger partial charge is 0.326 e. The van der Waals surface area contributed by atoms with Crippen molar-refractivity contribution in [1.82, 2.24) is 4.90 Å². The monoisotopic (exact) mass is 248 g/mol. The average Bonchev–Trinajstić information content (AvgIpc) is 2.81. The van der Waals surface area contributed by atoms with E-state index in [0.29, 0.717) is 18.7 Å². The van der Waals surface area contributed by atoms with Crippen LogP contribution in [0.4, 0.5) is 5.69 Å². The Hall–Kier alpha value is -2.04. The van der Waals surface area contributed by atoms with Gasteiger partial charge in [0.25, 0.3) is 0 Å². The summed E-state index contributed by atoms with van der Waals surface area (Å²) >= 11 is 0. The van der Waals surface area contributed by atoms with Crippen LogP contribution >= 0.6 is 0 Å². The van der Waals surface area contributed by atoms with Crippen LogP contribution in [0.1, 0.15) is 18.4 Å². The van der Waals surface area contributed by atoms with Crippen LogP contribution in [0.3, 0.4) is 0 Å². The quantitative estimate of drug-likeness (QED) is 0.778. The van der Waals surface area contributed by atoms with Crippen molar-refractivity contribution in [2.75, 3.05) is 12.3 Å². The molecule has 1 aliphatic heterocycles. The maximum absolute atomic E-state index is 12.0. The van der Waals surface area contributed by atoms with Gasteiger partial charge < -0.3 is 15.7 Å². The zero-order valence-corrected chi connectivity index (χ0v) is 10.0. The molecule has 0 aliphatic carbocycles. The third-order valence-corrected chi connectivity index (χ3v) is 3.19. The van der Waals surface area contributed by atoms with Gasteiger partial charge in [0.05, 0.1) is 6.42 Å². The number of hydrogen-bond acceptors (Lipinski definition) is 3. The zero-order chi connectivity index (χ0) is 13.1. The lowest BCUT2D eigenvalue weighted by Gasteiger charge is -2.21. The van der Waals surface area contributed by atoms with E-state index in [9.17, 15) is 9.59 Å². The van der Waals surface area contributed by atoms with Crippen LogP contribution in [0.2, 0.25) is 0 Å². The van der Waals surface area contributed by atoms with E-state index in [4.69, 9.17) is 10.8 Å². The summed E-state index contributed by atoms with van der Waals surface area (Å²) in [6, 6.07) is 6.40. The molecule has 1 atom stereocenters. The number of nitrogens with zero attached hydrogens (tertiary/aromatic N) is 1. The highest BCUT2D eigenvalue weighted by Crippen LogP contribution is 2.19. The van der Waals surface area contributed by atoms with Gasteiger partial charge in [0.1, 0.15) is 6.04 Å². The fourth-order valence-electron chi connectivity index (χ4n) is 2.23. The Bertz CT molecular complexity index is 456. The minimum Gasteiger partial charge on any atom is -0.480 e. The molecule has 96 valence electrons. The molecule has 1 saturated heterocycles. The van der Waals surface area contributed by atoms with Gasteiger partial charge in [-0.05, 0) is 30.5 Å². The normalized spacial score (nSPS) is 18.9. The number of carbonyl (C=O) groups excluding carboxylic acids is 1. The van der Waals surface area contributed by atoms with E-state index in [-0.39, 0.29) is 12.3 Å². The van der Waals surface area contributed by atoms with Crippen molar-refractivity contribution in [1.29, 1.82) is 0 Å². The molecule has 0 bridgehead atoms. The Balaban J connectivity index is 2.03. The molecule has 1 aromatic rings. The third-order valence-electron chi connectivity index (χ3n) is 3.19. The third kappa shape index (κ3) is 2.61. The molecular weight excluding hydrogens is 232 g/mol. The molecule has 5 heteroatoms. The lowest BCUT2D eigenvalue weighted by atomic mass is 10.1. The fraction of sp³-hybridized carbons (Fsp3) is 0.385. The number of amides is 1. The van der Waals surface area contributed by atoms with Gasteiger partial charge in [-0.2, -0.15) is 0 Å². The number of aliphatic carboxylic acids is 1. The molecule has 2 rings (SSSR count). The Labute approximate surface area is 105 Å². The van der Waals surface area contributed by atoms with E-state index in [1.807, 2.05) is 0 Å². The van der Waals surface area contributed by atoms with Crippen molar-refractivity contribution in [3.05, 3.63) is 29.8 Å². The van der Waals surface area contributed by atoms with E-state index in [2.05, 4.69) is 0 Å². The topological polar surface area (TPSA) is 83.6 Å². The van der Waals surface area contributed by atoms with Gasteiger partial charge in [-0.3, -0.25) is 4.79 Å². The molecule has 0 unspecified atom stereocenters. The summed E-state index contributed by atoms with van der Waals surface area (Å²) in [4.78, 5) is 24.5. The fourth-order valence-corrected chi connectivity index (χ4v) is 2.23. The van der Waals surface area contributed by atoms with E-state index < -0.39 is 12.0 Å². The van der Waals surface area contributed by atoms with Crippen LogP contribution in [0.15, 0.2) is 24.3 Å². The lowest BCUT2D eigenvalue weighted by Crippen LogP contribution is -2.41. The highest BCUT2D eigenvalue weighted by Gasteiger charge is 2.33. The number of nitrogens with two attached hydrogens (primary N) is 1. The minimum atomic E-state index is -0.918. The number of benzene rings is 1. The largest absolute Gasteiger partial charge is 0.480 e. The summed E-state index contributed by atoms with van der Waals surface area (Å²) in [5, 5.41) is 9.02. The number of rotatable bonds is 3. The molecule has 1 aliphatic rings. The van der Waals surface area contributed by atoms with Crippen molar-refractivity contribution in [3.8, 4) is 0 Å². The summed E-state index contributed by atoms with van der Waals surface area (Å²) in [7, 11) is 0. The van der Waals surface area contributed by atoms with Crippen molar-refractivity contribution in [2.45, 2.75) is 25.3 Å². The van der Waals surface area contributed by atoms with Gasteiger partial charge in [-0.25, -0.2) is 4.79 Å². The number of carbonyl (C=O) groups is 2. The maximum Gasteiger partial charge on any atom is 0.326 e. The predicted octanol–water partition coefficient (Wildman–Crippen LogP) is 0.887. The number of likely N-dealkylation sites (tertiary alicyclic amines) is 1. The molecule has 0 radical (unpaired) electrons. The Morgan fingerprint density at radius 3 is 2.61 bits per heavy atom. The van der Waals surface area contributed by atoms with Crippen molar-refractivity contribution in [3.63, 3.8) is 0 Å². The molecular formula is C13H16N2O3. The molecule has 5 nitrogen and oxygen atoms in total. The number of carboxylic acids is 1. The van der Waals surface area contributed by atoms with Crippen molar-refractivity contribution in [2.24, 2.45) is 0 Å².